The summed E-state index contributed by atoms with van der Waals surface area (Å²) in [5, 5.41) is 0. The Hall–Kier alpha value is 0.310. The molecule has 0 aromatic carbocycles. The fourth-order valence-corrected chi connectivity index (χ4v) is 2.25. The molecule has 0 saturated carbocycles. The first-order chi connectivity index (χ1) is 5.74. The molecule has 0 aliphatic heterocycles. The zero-order valence-electron chi connectivity index (χ0n) is 8.60. The molecule has 0 spiro atoms. The Kier molecular flexibility index (Phi) is 6.96. The summed E-state index contributed by atoms with van der Waals surface area (Å²) in [5.74, 6) is 0.947. The maximum atomic E-state index is 5.25. The lowest BCUT2D eigenvalue weighted by Crippen LogP contribution is -2.28. The highest BCUT2D eigenvalue weighted by molar-refractivity contribution is 7.80. The van der Waals surface area contributed by atoms with Crippen molar-refractivity contribution in [2.75, 3.05) is 19.5 Å². The average Bonchev–Trinajstić information content (AvgIpc) is 2.06. The minimum absolute atomic E-state index is 0.335. The molecule has 0 N–H and O–H groups in total. The van der Waals surface area contributed by atoms with Crippen LogP contribution >= 0.6 is 12.6 Å². The first-order valence-electron chi connectivity index (χ1n) is 4.84. The van der Waals surface area contributed by atoms with Crippen LogP contribution in [-0.4, -0.2) is 19.5 Å². The summed E-state index contributed by atoms with van der Waals surface area (Å²) in [7, 11) is 1.78. The third kappa shape index (κ3) is 3.81. The molecule has 2 heteroatoms. The Morgan fingerprint density at radius 1 is 1.17 bits per heavy atom. The fraction of sp³-hybridized carbons (Fsp3) is 1.00. The molecule has 0 aliphatic carbocycles. The summed E-state index contributed by atoms with van der Waals surface area (Å²) < 4.78 is 5.25. The predicted octanol–water partition coefficient (Wildman–Crippen LogP) is 3.15. The Morgan fingerprint density at radius 2 is 1.67 bits per heavy atom. The Morgan fingerprint density at radius 3 is 1.92 bits per heavy atom. The largest absolute Gasteiger partial charge is 0.384 e. The fourth-order valence-electron chi connectivity index (χ4n) is 1.84. The van der Waals surface area contributed by atoms with Gasteiger partial charge in [0.15, 0.2) is 0 Å². The number of thiol groups is 1. The van der Waals surface area contributed by atoms with Gasteiger partial charge in [-0.15, -0.1) is 0 Å². The van der Waals surface area contributed by atoms with Crippen LogP contribution in [0.1, 0.15) is 39.5 Å². The van der Waals surface area contributed by atoms with E-state index in [2.05, 4.69) is 26.5 Å². The van der Waals surface area contributed by atoms with E-state index in [9.17, 15) is 0 Å². The van der Waals surface area contributed by atoms with Crippen molar-refractivity contribution in [1.29, 1.82) is 0 Å². The SMILES string of the molecule is CCCC(CS)(CCC)COC. The molecule has 74 valence electrons. The van der Waals surface area contributed by atoms with Gasteiger partial charge in [0.05, 0.1) is 6.61 Å². The molecule has 0 heterocycles. The number of rotatable bonds is 7. The van der Waals surface area contributed by atoms with Gasteiger partial charge in [0.2, 0.25) is 0 Å². The number of ether oxygens (including phenoxy) is 1. The van der Waals surface area contributed by atoms with Crippen LogP contribution in [0.5, 0.6) is 0 Å². The summed E-state index contributed by atoms with van der Waals surface area (Å²) in [6.45, 7) is 5.31. The second-order valence-electron chi connectivity index (χ2n) is 3.59. The van der Waals surface area contributed by atoms with Crippen molar-refractivity contribution in [3.05, 3.63) is 0 Å². The van der Waals surface area contributed by atoms with E-state index in [0.29, 0.717) is 5.41 Å². The van der Waals surface area contributed by atoms with Crippen LogP contribution in [0.2, 0.25) is 0 Å². The highest BCUT2D eigenvalue weighted by Gasteiger charge is 2.26. The van der Waals surface area contributed by atoms with Gasteiger partial charge in [-0.1, -0.05) is 26.7 Å². The van der Waals surface area contributed by atoms with E-state index in [4.69, 9.17) is 4.74 Å². The van der Waals surface area contributed by atoms with Gasteiger partial charge in [-0.3, -0.25) is 0 Å². The zero-order chi connectivity index (χ0) is 9.45. The van der Waals surface area contributed by atoms with E-state index in [0.717, 1.165) is 12.4 Å². The highest BCUT2D eigenvalue weighted by atomic mass is 32.1. The lowest BCUT2D eigenvalue weighted by Gasteiger charge is -2.30. The van der Waals surface area contributed by atoms with Gasteiger partial charge in [0.25, 0.3) is 0 Å². The molecule has 0 aromatic rings. The maximum Gasteiger partial charge on any atom is 0.0526 e. The maximum absolute atomic E-state index is 5.25. The van der Waals surface area contributed by atoms with Crippen molar-refractivity contribution in [2.45, 2.75) is 39.5 Å². The van der Waals surface area contributed by atoms with Crippen LogP contribution in [0.4, 0.5) is 0 Å². The molecule has 0 aromatic heterocycles. The minimum atomic E-state index is 0.335. The molecule has 0 aliphatic rings. The summed E-state index contributed by atoms with van der Waals surface area (Å²) >= 11 is 4.42. The van der Waals surface area contributed by atoms with Crippen LogP contribution in [0.15, 0.2) is 0 Å². The van der Waals surface area contributed by atoms with E-state index in [1.807, 2.05) is 0 Å². The molecule has 1 nitrogen and oxygen atoms in total. The van der Waals surface area contributed by atoms with E-state index in [1.165, 1.54) is 25.7 Å². The lowest BCUT2D eigenvalue weighted by atomic mass is 9.82. The van der Waals surface area contributed by atoms with Crippen LogP contribution in [0, 0.1) is 5.41 Å². The molecule has 0 amide bonds. The quantitative estimate of drug-likeness (QED) is 0.607. The van der Waals surface area contributed by atoms with E-state index < -0.39 is 0 Å². The monoisotopic (exact) mass is 190 g/mol. The molecule has 0 rings (SSSR count). The van der Waals surface area contributed by atoms with Gasteiger partial charge in [-0.25, -0.2) is 0 Å². The van der Waals surface area contributed by atoms with Crippen LogP contribution in [-0.2, 0) is 4.74 Å². The number of methoxy groups -OCH3 is 1. The zero-order valence-corrected chi connectivity index (χ0v) is 9.49. The number of hydrogen-bond donors (Lipinski definition) is 1. The number of hydrogen-bond acceptors (Lipinski definition) is 2. The van der Waals surface area contributed by atoms with Gasteiger partial charge in [0, 0.05) is 12.5 Å². The van der Waals surface area contributed by atoms with E-state index >= 15 is 0 Å². The summed E-state index contributed by atoms with van der Waals surface area (Å²) in [6.07, 6.45) is 4.92. The molecule has 0 bridgehead atoms. The second-order valence-corrected chi connectivity index (χ2v) is 3.91. The smallest absolute Gasteiger partial charge is 0.0526 e. The van der Waals surface area contributed by atoms with Gasteiger partial charge >= 0.3 is 0 Å². The summed E-state index contributed by atoms with van der Waals surface area (Å²) in [5.41, 5.74) is 0.335. The van der Waals surface area contributed by atoms with Crippen LogP contribution < -0.4 is 0 Å². The first kappa shape index (κ1) is 12.3. The summed E-state index contributed by atoms with van der Waals surface area (Å²) in [6, 6.07) is 0. The van der Waals surface area contributed by atoms with Crippen LogP contribution in [0.25, 0.3) is 0 Å². The Balaban J connectivity index is 4.06. The molecular formula is C10H22OS. The van der Waals surface area contributed by atoms with Gasteiger partial charge in [-0.05, 0) is 18.6 Å². The van der Waals surface area contributed by atoms with E-state index in [1.54, 1.807) is 7.11 Å². The Bertz CT molecular complexity index is 87.0. The molecule has 0 saturated heterocycles. The van der Waals surface area contributed by atoms with Crippen molar-refractivity contribution in [2.24, 2.45) is 5.41 Å². The molecule has 0 radical (unpaired) electrons. The normalized spacial score (nSPS) is 12.0. The van der Waals surface area contributed by atoms with Crippen molar-refractivity contribution >= 4 is 12.6 Å². The van der Waals surface area contributed by atoms with Gasteiger partial charge in [-0.2, -0.15) is 12.6 Å². The second kappa shape index (κ2) is 6.79. The van der Waals surface area contributed by atoms with Crippen molar-refractivity contribution in [1.82, 2.24) is 0 Å². The molecule has 0 fully saturated rings. The van der Waals surface area contributed by atoms with Gasteiger partial charge in [0.1, 0.15) is 0 Å². The first-order valence-corrected chi connectivity index (χ1v) is 5.47. The minimum Gasteiger partial charge on any atom is -0.384 e. The van der Waals surface area contributed by atoms with Gasteiger partial charge < -0.3 is 4.74 Å². The Labute approximate surface area is 82.3 Å². The summed E-state index contributed by atoms with van der Waals surface area (Å²) in [4.78, 5) is 0. The lowest BCUT2D eigenvalue weighted by molar-refractivity contribution is 0.0812. The topological polar surface area (TPSA) is 9.23 Å². The van der Waals surface area contributed by atoms with E-state index in [-0.39, 0.29) is 0 Å². The average molecular weight is 190 g/mol. The highest BCUT2D eigenvalue weighted by Crippen LogP contribution is 2.31. The third-order valence-electron chi connectivity index (χ3n) is 2.35. The molecule has 0 unspecified atom stereocenters. The molecular weight excluding hydrogens is 168 g/mol. The van der Waals surface area contributed by atoms with Crippen molar-refractivity contribution < 1.29 is 4.74 Å². The standard InChI is InChI=1S/C10H22OS/c1-4-6-10(9-12,7-5-2)8-11-3/h12H,4-9H2,1-3H3. The van der Waals surface area contributed by atoms with Crippen LogP contribution in [0.3, 0.4) is 0 Å². The molecule has 0 atom stereocenters. The molecule has 12 heavy (non-hydrogen) atoms. The predicted molar refractivity (Wildman–Crippen MR) is 58.0 cm³/mol. The third-order valence-corrected chi connectivity index (χ3v) is 3.02. The van der Waals surface area contributed by atoms with Crippen molar-refractivity contribution in [3.63, 3.8) is 0 Å². The van der Waals surface area contributed by atoms with Crippen molar-refractivity contribution in [3.8, 4) is 0 Å².